The van der Waals surface area contributed by atoms with Gasteiger partial charge >= 0.3 is 0 Å². The van der Waals surface area contributed by atoms with Crippen LogP contribution in [0.4, 0.5) is 5.69 Å². The van der Waals surface area contributed by atoms with Crippen molar-refractivity contribution < 1.29 is 4.79 Å². The second-order valence-corrected chi connectivity index (χ2v) is 5.94. The molecule has 0 fully saturated rings. The van der Waals surface area contributed by atoms with Crippen LogP contribution in [0.1, 0.15) is 28.5 Å². The molecule has 1 aromatic heterocycles. The SMILES string of the molecule is CCN(C(=O)c1c(C)c2ccccc2n1C)c1cccc(C)c1. The van der Waals surface area contributed by atoms with Crippen LogP contribution >= 0.6 is 0 Å². The van der Waals surface area contributed by atoms with E-state index in [1.165, 1.54) is 0 Å². The highest BCUT2D eigenvalue weighted by Crippen LogP contribution is 2.27. The van der Waals surface area contributed by atoms with Gasteiger partial charge in [-0.05, 0) is 50.1 Å². The van der Waals surface area contributed by atoms with Crippen LogP contribution in [0.15, 0.2) is 48.5 Å². The quantitative estimate of drug-likeness (QED) is 0.701. The molecule has 3 nitrogen and oxygen atoms in total. The third-order valence-electron chi connectivity index (χ3n) is 4.44. The maximum Gasteiger partial charge on any atom is 0.275 e. The van der Waals surface area contributed by atoms with Gasteiger partial charge in [-0.1, -0.05) is 30.3 Å². The number of aryl methyl sites for hydroxylation is 3. The second-order valence-electron chi connectivity index (χ2n) is 5.94. The van der Waals surface area contributed by atoms with E-state index in [0.29, 0.717) is 6.54 Å². The van der Waals surface area contributed by atoms with Gasteiger partial charge in [0.2, 0.25) is 0 Å². The van der Waals surface area contributed by atoms with Crippen molar-refractivity contribution in [3.63, 3.8) is 0 Å². The van der Waals surface area contributed by atoms with Gasteiger partial charge < -0.3 is 9.47 Å². The molecule has 0 unspecified atom stereocenters. The first-order valence-electron chi connectivity index (χ1n) is 7.97. The third-order valence-corrected chi connectivity index (χ3v) is 4.44. The number of benzene rings is 2. The summed E-state index contributed by atoms with van der Waals surface area (Å²) in [5.74, 6) is 0.0503. The Morgan fingerprint density at radius 1 is 1.09 bits per heavy atom. The zero-order chi connectivity index (χ0) is 16.6. The van der Waals surface area contributed by atoms with Crippen molar-refractivity contribution in [2.45, 2.75) is 20.8 Å². The van der Waals surface area contributed by atoms with E-state index in [1.54, 1.807) is 0 Å². The average molecular weight is 306 g/mol. The van der Waals surface area contributed by atoms with Crippen LogP contribution in [0.5, 0.6) is 0 Å². The molecule has 0 bridgehead atoms. The molecule has 0 aliphatic rings. The topological polar surface area (TPSA) is 25.2 Å². The molecular formula is C20H22N2O. The minimum Gasteiger partial charge on any atom is -0.339 e. The van der Waals surface area contributed by atoms with E-state index >= 15 is 0 Å². The summed E-state index contributed by atoms with van der Waals surface area (Å²) in [6.45, 7) is 6.73. The molecule has 0 spiro atoms. The number of carbonyl (C=O) groups is 1. The highest BCUT2D eigenvalue weighted by molar-refractivity contribution is 6.09. The zero-order valence-corrected chi connectivity index (χ0v) is 14.1. The van der Waals surface area contributed by atoms with E-state index in [4.69, 9.17) is 0 Å². The Hall–Kier alpha value is -2.55. The maximum atomic E-state index is 13.2. The molecular weight excluding hydrogens is 284 g/mol. The lowest BCUT2D eigenvalue weighted by Crippen LogP contribution is -2.32. The van der Waals surface area contributed by atoms with Crippen molar-refractivity contribution in [3.8, 4) is 0 Å². The number of nitrogens with zero attached hydrogens (tertiary/aromatic N) is 2. The van der Waals surface area contributed by atoms with Crippen LogP contribution in [0.2, 0.25) is 0 Å². The predicted molar refractivity (Wildman–Crippen MR) is 96.2 cm³/mol. The molecule has 118 valence electrons. The Kier molecular flexibility index (Phi) is 3.95. The fourth-order valence-electron chi connectivity index (χ4n) is 3.25. The first-order valence-corrected chi connectivity index (χ1v) is 7.97. The van der Waals surface area contributed by atoms with Crippen molar-refractivity contribution in [2.75, 3.05) is 11.4 Å². The molecule has 3 aromatic rings. The van der Waals surface area contributed by atoms with Gasteiger partial charge in [-0.3, -0.25) is 4.79 Å². The van der Waals surface area contributed by atoms with E-state index in [-0.39, 0.29) is 5.91 Å². The van der Waals surface area contributed by atoms with Gasteiger partial charge in [0, 0.05) is 30.2 Å². The summed E-state index contributed by atoms with van der Waals surface area (Å²) >= 11 is 0. The van der Waals surface area contributed by atoms with Gasteiger partial charge in [0.05, 0.1) is 0 Å². The van der Waals surface area contributed by atoms with Crippen LogP contribution in [0.3, 0.4) is 0 Å². The van der Waals surface area contributed by atoms with Crippen molar-refractivity contribution in [1.29, 1.82) is 0 Å². The molecule has 1 amide bonds. The largest absolute Gasteiger partial charge is 0.339 e. The molecule has 3 heteroatoms. The highest BCUT2D eigenvalue weighted by Gasteiger charge is 2.23. The number of rotatable bonds is 3. The smallest absolute Gasteiger partial charge is 0.275 e. The van der Waals surface area contributed by atoms with Crippen LogP contribution in [0.25, 0.3) is 10.9 Å². The van der Waals surface area contributed by atoms with Gasteiger partial charge in [-0.25, -0.2) is 0 Å². The molecule has 0 radical (unpaired) electrons. The minimum atomic E-state index is 0.0503. The third kappa shape index (κ3) is 2.52. The van der Waals surface area contributed by atoms with Gasteiger partial charge in [-0.2, -0.15) is 0 Å². The lowest BCUT2D eigenvalue weighted by molar-refractivity contribution is 0.0980. The summed E-state index contributed by atoms with van der Waals surface area (Å²) in [4.78, 5) is 15.0. The van der Waals surface area contributed by atoms with Crippen molar-refractivity contribution in [3.05, 3.63) is 65.4 Å². The summed E-state index contributed by atoms with van der Waals surface area (Å²) < 4.78 is 2.01. The molecule has 0 N–H and O–H groups in total. The molecule has 0 atom stereocenters. The monoisotopic (exact) mass is 306 g/mol. The Labute approximate surface area is 137 Å². The second kappa shape index (κ2) is 5.92. The summed E-state index contributed by atoms with van der Waals surface area (Å²) in [5.41, 5.74) is 4.99. The number of carbonyl (C=O) groups excluding carboxylic acids is 1. The number of anilines is 1. The van der Waals surface area contributed by atoms with Gasteiger partial charge in [0.1, 0.15) is 5.69 Å². The molecule has 23 heavy (non-hydrogen) atoms. The molecule has 0 saturated carbocycles. The standard InChI is InChI=1S/C20H22N2O/c1-5-22(16-10-8-9-14(2)13-16)20(23)19-15(3)17-11-6-7-12-18(17)21(19)4/h6-13H,5H2,1-4H3. The molecule has 0 saturated heterocycles. The molecule has 3 rings (SSSR count). The summed E-state index contributed by atoms with van der Waals surface area (Å²) in [7, 11) is 1.96. The van der Waals surface area contributed by atoms with Gasteiger partial charge in [0.15, 0.2) is 0 Å². The van der Waals surface area contributed by atoms with Gasteiger partial charge in [-0.15, -0.1) is 0 Å². The average Bonchev–Trinajstić information content (AvgIpc) is 2.80. The number of para-hydroxylation sites is 1. The number of fused-ring (bicyclic) bond motifs is 1. The first-order chi connectivity index (χ1) is 11.0. The van der Waals surface area contributed by atoms with Crippen LogP contribution in [-0.4, -0.2) is 17.0 Å². The maximum absolute atomic E-state index is 13.2. The molecule has 0 aliphatic heterocycles. The van der Waals surface area contributed by atoms with Crippen LogP contribution in [0, 0.1) is 13.8 Å². The fraction of sp³-hybridized carbons (Fsp3) is 0.250. The molecule has 0 aliphatic carbocycles. The van der Waals surface area contributed by atoms with Gasteiger partial charge in [0.25, 0.3) is 5.91 Å². The number of amides is 1. The normalized spacial score (nSPS) is 11.0. The summed E-state index contributed by atoms with van der Waals surface area (Å²) in [5, 5.41) is 1.14. The Morgan fingerprint density at radius 2 is 1.83 bits per heavy atom. The lowest BCUT2D eigenvalue weighted by atomic mass is 10.1. The fourth-order valence-corrected chi connectivity index (χ4v) is 3.25. The minimum absolute atomic E-state index is 0.0503. The molecule has 2 aromatic carbocycles. The highest BCUT2D eigenvalue weighted by atomic mass is 16.2. The van der Waals surface area contributed by atoms with E-state index < -0.39 is 0 Å². The number of hydrogen-bond donors (Lipinski definition) is 0. The number of hydrogen-bond acceptors (Lipinski definition) is 1. The van der Waals surface area contributed by atoms with E-state index in [9.17, 15) is 4.79 Å². The summed E-state index contributed by atoms with van der Waals surface area (Å²) in [6.07, 6.45) is 0. The zero-order valence-electron chi connectivity index (χ0n) is 14.1. The van der Waals surface area contributed by atoms with Crippen molar-refractivity contribution in [2.24, 2.45) is 7.05 Å². The van der Waals surface area contributed by atoms with E-state index in [0.717, 1.165) is 33.4 Å². The lowest BCUT2D eigenvalue weighted by Gasteiger charge is -2.22. The predicted octanol–water partition coefficient (Wildman–Crippen LogP) is 4.46. The van der Waals surface area contributed by atoms with Crippen molar-refractivity contribution >= 4 is 22.5 Å². The molecule has 1 heterocycles. The summed E-state index contributed by atoms with van der Waals surface area (Å²) in [6, 6.07) is 16.2. The van der Waals surface area contributed by atoms with E-state index in [2.05, 4.69) is 18.2 Å². The first kappa shape index (κ1) is 15.3. The number of aromatic nitrogens is 1. The van der Waals surface area contributed by atoms with Crippen molar-refractivity contribution in [1.82, 2.24) is 4.57 Å². The Bertz CT molecular complexity index is 837. The van der Waals surface area contributed by atoms with E-state index in [1.807, 2.05) is 67.6 Å². The Balaban J connectivity index is 2.12. The Morgan fingerprint density at radius 3 is 2.48 bits per heavy atom. The van der Waals surface area contributed by atoms with Crippen LogP contribution in [-0.2, 0) is 7.05 Å². The van der Waals surface area contributed by atoms with Crippen LogP contribution < -0.4 is 4.90 Å².